The van der Waals surface area contributed by atoms with Crippen LogP contribution in [0.15, 0.2) is 4.99 Å². The van der Waals surface area contributed by atoms with E-state index in [0.29, 0.717) is 18.5 Å². The Hall–Kier alpha value is -0.210. The van der Waals surface area contributed by atoms with Crippen molar-refractivity contribution in [2.45, 2.75) is 64.6 Å². The van der Waals surface area contributed by atoms with E-state index in [4.69, 9.17) is 0 Å². The summed E-state index contributed by atoms with van der Waals surface area (Å²) >= 11 is 0. The Bertz CT molecular complexity index is 308. The second kappa shape index (κ2) is 10.5. The molecule has 0 bridgehead atoms. The highest BCUT2D eigenvalue weighted by Gasteiger charge is 2.26. The van der Waals surface area contributed by atoms with Crippen molar-refractivity contribution < 1.29 is 13.2 Å². The van der Waals surface area contributed by atoms with Crippen LogP contribution in [0.25, 0.3) is 0 Å². The van der Waals surface area contributed by atoms with E-state index in [9.17, 15) is 13.2 Å². The zero-order valence-electron chi connectivity index (χ0n) is 12.8. The Balaban J connectivity index is 0.00000400. The number of rotatable bonds is 5. The lowest BCUT2D eigenvalue weighted by atomic mass is 9.84. The van der Waals surface area contributed by atoms with E-state index in [1.165, 1.54) is 19.3 Å². The van der Waals surface area contributed by atoms with Crippen LogP contribution in [-0.4, -0.2) is 31.3 Å². The first kappa shape index (κ1) is 20.8. The topological polar surface area (TPSA) is 36.4 Å². The van der Waals surface area contributed by atoms with E-state index in [-0.39, 0.29) is 30.5 Å². The van der Waals surface area contributed by atoms with Crippen LogP contribution in [-0.2, 0) is 0 Å². The Labute approximate surface area is 142 Å². The average Bonchev–Trinajstić information content (AvgIpc) is 2.37. The molecule has 0 aliphatic heterocycles. The molecule has 126 valence electrons. The number of hydrogen-bond acceptors (Lipinski definition) is 1. The number of alkyl halides is 3. The molecule has 1 fully saturated rings. The molecule has 2 N–H and O–H groups in total. The molecule has 0 saturated heterocycles. The average molecular weight is 421 g/mol. The molecular weight excluding hydrogens is 394 g/mol. The zero-order valence-corrected chi connectivity index (χ0v) is 15.1. The molecule has 0 radical (unpaired) electrons. The number of nitrogens with one attached hydrogen (secondary N) is 2. The Kier molecular flexibility index (Phi) is 10.4. The van der Waals surface area contributed by atoms with Crippen LogP contribution in [0.2, 0.25) is 0 Å². The molecule has 1 rings (SSSR count). The summed E-state index contributed by atoms with van der Waals surface area (Å²) in [5.74, 6) is 1.23. The number of guanidine groups is 1. The fourth-order valence-corrected chi connectivity index (χ4v) is 2.60. The minimum Gasteiger partial charge on any atom is -0.357 e. The second-order valence-electron chi connectivity index (χ2n) is 5.41. The van der Waals surface area contributed by atoms with Gasteiger partial charge in [-0.1, -0.05) is 26.2 Å². The van der Waals surface area contributed by atoms with E-state index in [1.807, 2.05) is 6.92 Å². The molecule has 0 aromatic rings. The van der Waals surface area contributed by atoms with Crippen molar-refractivity contribution >= 4 is 29.9 Å². The molecule has 1 saturated carbocycles. The van der Waals surface area contributed by atoms with Gasteiger partial charge in [-0.05, 0) is 25.7 Å². The Morgan fingerprint density at radius 2 is 1.95 bits per heavy atom. The maximum atomic E-state index is 12.1. The molecule has 3 nitrogen and oxygen atoms in total. The summed E-state index contributed by atoms with van der Waals surface area (Å²) in [6, 6.07) is 0.331. The number of aliphatic imine (C=N–C) groups is 1. The lowest BCUT2D eigenvalue weighted by Crippen LogP contribution is -2.45. The standard InChI is InChI=1S/C14H26F3N3.HI/c1-3-11-6-5-7-12(10-11)20-13(18-4-2)19-9-8-14(15,16)17;/h11-12H,3-10H2,1-2H3,(H2,18,19,20);1H. The van der Waals surface area contributed by atoms with Gasteiger partial charge in [0.05, 0.1) is 13.0 Å². The number of nitrogens with zero attached hydrogens (tertiary/aromatic N) is 1. The molecule has 0 spiro atoms. The molecule has 21 heavy (non-hydrogen) atoms. The molecule has 1 aliphatic rings. The maximum absolute atomic E-state index is 12.1. The largest absolute Gasteiger partial charge is 0.390 e. The van der Waals surface area contributed by atoms with Crippen LogP contribution in [0.4, 0.5) is 13.2 Å². The molecule has 2 unspecified atom stereocenters. The highest BCUT2D eigenvalue weighted by Crippen LogP contribution is 2.26. The summed E-state index contributed by atoms with van der Waals surface area (Å²) in [5, 5.41) is 6.30. The summed E-state index contributed by atoms with van der Waals surface area (Å²) < 4.78 is 36.4. The first-order chi connectivity index (χ1) is 9.44. The Morgan fingerprint density at radius 1 is 1.24 bits per heavy atom. The van der Waals surface area contributed by atoms with Gasteiger partial charge in [0.1, 0.15) is 0 Å². The van der Waals surface area contributed by atoms with Gasteiger partial charge in [0.25, 0.3) is 0 Å². The van der Waals surface area contributed by atoms with Gasteiger partial charge in [0.15, 0.2) is 5.96 Å². The van der Waals surface area contributed by atoms with E-state index < -0.39 is 12.6 Å². The normalized spacial score (nSPS) is 23.4. The van der Waals surface area contributed by atoms with Crippen molar-refractivity contribution in [3.8, 4) is 0 Å². The number of hydrogen-bond donors (Lipinski definition) is 2. The highest BCUT2D eigenvalue weighted by atomic mass is 127. The van der Waals surface area contributed by atoms with Gasteiger partial charge in [-0.25, -0.2) is 0 Å². The minimum atomic E-state index is -4.14. The van der Waals surface area contributed by atoms with E-state index in [2.05, 4.69) is 22.5 Å². The van der Waals surface area contributed by atoms with Crippen molar-refractivity contribution in [3.63, 3.8) is 0 Å². The van der Waals surface area contributed by atoms with Crippen molar-refractivity contribution in [1.29, 1.82) is 0 Å². The predicted octanol–water partition coefficient (Wildman–Crippen LogP) is 4.08. The third kappa shape index (κ3) is 9.42. The predicted molar refractivity (Wildman–Crippen MR) is 91.2 cm³/mol. The van der Waals surface area contributed by atoms with Crippen molar-refractivity contribution in [2.24, 2.45) is 10.9 Å². The molecule has 0 amide bonds. The second-order valence-corrected chi connectivity index (χ2v) is 5.41. The summed E-state index contributed by atoms with van der Waals surface area (Å²) in [6.07, 6.45) is 0.750. The molecule has 2 atom stereocenters. The zero-order chi connectivity index (χ0) is 15.0. The van der Waals surface area contributed by atoms with Gasteiger partial charge in [-0.15, -0.1) is 24.0 Å². The van der Waals surface area contributed by atoms with Crippen LogP contribution >= 0.6 is 24.0 Å². The first-order valence-corrected chi connectivity index (χ1v) is 7.56. The third-order valence-corrected chi connectivity index (χ3v) is 3.71. The van der Waals surface area contributed by atoms with Gasteiger partial charge in [-0.2, -0.15) is 13.2 Å². The Morgan fingerprint density at radius 3 is 2.52 bits per heavy atom. The monoisotopic (exact) mass is 421 g/mol. The lowest BCUT2D eigenvalue weighted by Gasteiger charge is -2.30. The molecule has 1 aliphatic carbocycles. The first-order valence-electron chi connectivity index (χ1n) is 7.56. The van der Waals surface area contributed by atoms with Gasteiger partial charge >= 0.3 is 6.18 Å². The van der Waals surface area contributed by atoms with Crippen LogP contribution in [0, 0.1) is 5.92 Å². The van der Waals surface area contributed by atoms with Gasteiger partial charge in [0.2, 0.25) is 0 Å². The molecule has 7 heteroatoms. The van der Waals surface area contributed by atoms with Crippen molar-refractivity contribution in [1.82, 2.24) is 10.6 Å². The van der Waals surface area contributed by atoms with Crippen LogP contribution in [0.1, 0.15) is 52.4 Å². The van der Waals surface area contributed by atoms with E-state index in [0.717, 1.165) is 18.8 Å². The fourth-order valence-electron chi connectivity index (χ4n) is 2.60. The van der Waals surface area contributed by atoms with Gasteiger partial charge in [0, 0.05) is 12.6 Å². The fraction of sp³-hybridized carbons (Fsp3) is 0.929. The van der Waals surface area contributed by atoms with Gasteiger partial charge < -0.3 is 10.6 Å². The molecular formula is C14H27F3IN3. The minimum absolute atomic E-state index is 0. The maximum Gasteiger partial charge on any atom is 0.390 e. The highest BCUT2D eigenvalue weighted by molar-refractivity contribution is 14.0. The molecule has 0 heterocycles. The summed E-state index contributed by atoms with van der Waals surface area (Å²) in [6.45, 7) is 4.54. The third-order valence-electron chi connectivity index (χ3n) is 3.71. The van der Waals surface area contributed by atoms with Crippen LogP contribution in [0.3, 0.4) is 0 Å². The van der Waals surface area contributed by atoms with Crippen LogP contribution in [0.5, 0.6) is 0 Å². The van der Waals surface area contributed by atoms with E-state index >= 15 is 0 Å². The lowest BCUT2D eigenvalue weighted by molar-refractivity contribution is -0.132. The SMILES string of the molecule is CCNC(=NCCC(F)(F)F)NC1CCCC(CC)C1.I. The van der Waals surface area contributed by atoms with Gasteiger partial charge in [-0.3, -0.25) is 4.99 Å². The van der Waals surface area contributed by atoms with Crippen molar-refractivity contribution in [3.05, 3.63) is 0 Å². The smallest absolute Gasteiger partial charge is 0.357 e. The van der Waals surface area contributed by atoms with E-state index in [1.54, 1.807) is 0 Å². The quantitative estimate of drug-likeness (QED) is 0.399. The summed E-state index contributed by atoms with van der Waals surface area (Å²) in [4.78, 5) is 4.02. The van der Waals surface area contributed by atoms with Crippen molar-refractivity contribution in [2.75, 3.05) is 13.1 Å². The summed E-state index contributed by atoms with van der Waals surface area (Å²) in [5.41, 5.74) is 0. The number of halogens is 4. The summed E-state index contributed by atoms with van der Waals surface area (Å²) in [7, 11) is 0. The molecule has 0 aromatic carbocycles. The van der Waals surface area contributed by atoms with Crippen LogP contribution < -0.4 is 10.6 Å². The molecule has 0 aromatic heterocycles.